The van der Waals surface area contributed by atoms with Crippen LogP contribution in [0, 0.1) is 0 Å². The van der Waals surface area contributed by atoms with Crippen molar-refractivity contribution in [2.45, 2.75) is 0 Å². The van der Waals surface area contributed by atoms with Crippen molar-refractivity contribution in [3.63, 3.8) is 0 Å². The fraction of sp³-hybridized carbons (Fsp3) is 0.0526. The van der Waals surface area contributed by atoms with Gasteiger partial charge in [-0.25, -0.2) is 4.98 Å². The van der Waals surface area contributed by atoms with Crippen molar-refractivity contribution in [2.75, 3.05) is 7.11 Å². The van der Waals surface area contributed by atoms with Crippen LogP contribution in [0.1, 0.15) is 0 Å². The molecule has 0 fully saturated rings. The highest BCUT2D eigenvalue weighted by Crippen LogP contribution is 2.38. The van der Waals surface area contributed by atoms with E-state index in [0.29, 0.717) is 16.9 Å². The summed E-state index contributed by atoms with van der Waals surface area (Å²) in [4.78, 5) is 19.1. The fourth-order valence-electron chi connectivity index (χ4n) is 2.77. The van der Waals surface area contributed by atoms with Gasteiger partial charge in [0.25, 0.3) is 5.56 Å². The minimum absolute atomic E-state index is 0.225. The lowest BCUT2D eigenvalue weighted by Crippen LogP contribution is -2.05. The molecule has 5 heteroatoms. The van der Waals surface area contributed by atoms with Crippen molar-refractivity contribution in [2.24, 2.45) is 0 Å². The van der Waals surface area contributed by atoms with Crippen LogP contribution in [-0.2, 0) is 0 Å². The second-order valence-electron chi connectivity index (χ2n) is 5.31. The molecule has 0 aliphatic heterocycles. The van der Waals surface area contributed by atoms with E-state index < -0.39 is 0 Å². The van der Waals surface area contributed by atoms with Crippen molar-refractivity contribution in [3.05, 3.63) is 71.3 Å². The molecule has 0 bridgehead atoms. The molecule has 5 nitrogen and oxygen atoms in total. The number of aromatic amines is 1. The quantitative estimate of drug-likeness (QED) is 0.623. The van der Waals surface area contributed by atoms with Gasteiger partial charge in [0.15, 0.2) is 0 Å². The number of H-pyrrole nitrogens is 1. The molecule has 0 atom stereocenters. The maximum atomic E-state index is 12.4. The first-order chi connectivity index (χ1) is 11.8. The number of methoxy groups -OCH3 is 1. The lowest BCUT2D eigenvalue weighted by atomic mass is 9.99. The molecule has 4 rings (SSSR count). The predicted molar refractivity (Wildman–Crippen MR) is 92.1 cm³/mol. The van der Waals surface area contributed by atoms with E-state index in [1.165, 1.54) is 6.33 Å². The second-order valence-corrected chi connectivity index (χ2v) is 5.31. The first-order valence-electron chi connectivity index (χ1n) is 7.48. The number of rotatable bonds is 3. The van der Waals surface area contributed by atoms with Gasteiger partial charge in [-0.2, -0.15) is 0 Å². The van der Waals surface area contributed by atoms with Crippen LogP contribution in [0.5, 0.6) is 5.75 Å². The summed E-state index contributed by atoms with van der Waals surface area (Å²) in [5.41, 5.74) is 2.58. The van der Waals surface area contributed by atoms with Gasteiger partial charge in [0.1, 0.15) is 16.9 Å². The summed E-state index contributed by atoms with van der Waals surface area (Å²) in [5.74, 6) is 1.37. The summed E-state index contributed by atoms with van der Waals surface area (Å²) >= 11 is 0. The third-order valence-electron chi connectivity index (χ3n) is 3.91. The summed E-state index contributed by atoms with van der Waals surface area (Å²) in [5, 5.41) is 0.446. The number of hydrogen-bond acceptors (Lipinski definition) is 4. The van der Waals surface area contributed by atoms with Gasteiger partial charge < -0.3 is 14.1 Å². The molecule has 4 aromatic rings. The Bertz CT molecular complexity index is 1050. The third kappa shape index (κ3) is 2.27. The fourth-order valence-corrected chi connectivity index (χ4v) is 2.77. The van der Waals surface area contributed by atoms with E-state index in [1.54, 1.807) is 7.11 Å². The second kappa shape index (κ2) is 5.70. The van der Waals surface area contributed by atoms with Crippen LogP contribution in [0.2, 0.25) is 0 Å². The Balaban J connectivity index is 2.05. The number of ether oxygens (including phenoxy) is 1. The SMILES string of the molecule is COc1ccc(-c2c(-c3ccccc3)oc3nc[nH]c(=O)c23)cc1. The zero-order valence-electron chi connectivity index (χ0n) is 12.9. The summed E-state index contributed by atoms with van der Waals surface area (Å²) in [7, 11) is 1.62. The first-order valence-corrected chi connectivity index (χ1v) is 7.48. The van der Waals surface area contributed by atoms with Crippen molar-refractivity contribution in [1.82, 2.24) is 9.97 Å². The number of furan rings is 1. The molecule has 0 saturated heterocycles. The van der Waals surface area contributed by atoms with Gasteiger partial charge >= 0.3 is 0 Å². The molecule has 0 aliphatic carbocycles. The molecule has 0 aliphatic rings. The van der Waals surface area contributed by atoms with E-state index in [0.717, 1.165) is 22.4 Å². The molecule has 2 aromatic heterocycles. The molecule has 0 unspecified atom stereocenters. The van der Waals surface area contributed by atoms with Gasteiger partial charge in [-0.1, -0.05) is 42.5 Å². The molecule has 0 saturated carbocycles. The highest BCUT2D eigenvalue weighted by molar-refractivity contribution is 5.99. The molecular weight excluding hydrogens is 304 g/mol. The molecular formula is C19H14N2O3. The average Bonchev–Trinajstić information content (AvgIpc) is 3.03. The average molecular weight is 318 g/mol. The van der Waals surface area contributed by atoms with Crippen LogP contribution in [0.15, 0.2) is 70.1 Å². The van der Waals surface area contributed by atoms with Crippen molar-refractivity contribution < 1.29 is 9.15 Å². The van der Waals surface area contributed by atoms with Gasteiger partial charge in [0.2, 0.25) is 5.71 Å². The van der Waals surface area contributed by atoms with Gasteiger partial charge in [-0.15, -0.1) is 0 Å². The predicted octanol–water partition coefficient (Wildman–Crippen LogP) is 3.86. The number of nitrogens with one attached hydrogen (secondary N) is 1. The monoisotopic (exact) mass is 318 g/mol. The van der Waals surface area contributed by atoms with Crippen LogP contribution >= 0.6 is 0 Å². The van der Waals surface area contributed by atoms with E-state index in [9.17, 15) is 4.79 Å². The lowest BCUT2D eigenvalue weighted by molar-refractivity contribution is 0.415. The van der Waals surface area contributed by atoms with Crippen molar-refractivity contribution >= 4 is 11.1 Å². The Morgan fingerprint density at radius 1 is 1.00 bits per heavy atom. The maximum absolute atomic E-state index is 12.4. The molecule has 0 amide bonds. The van der Waals surface area contributed by atoms with Gasteiger partial charge in [0.05, 0.1) is 13.4 Å². The van der Waals surface area contributed by atoms with E-state index >= 15 is 0 Å². The topological polar surface area (TPSA) is 68.1 Å². The molecule has 2 aromatic carbocycles. The van der Waals surface area contributed by atoms with Crippen LogP contribution in [0.3, 0.4) is 0 Å². The Kier molecular flexibility index (Phi) is 3.39. The Morgan fingerprint density at radius 2 is 1.75 bits per heavy atom. The normalized spacial score (nSPS) is 10.9. The van der Waals surface area contributed by atoms with E-state index in [2.05, 4.69) is 9.97 Å². The molecule has 24 heavy (non-hydrogen) atoms. The molecule has 0 radical (unpaired) electrons. The molecule has 2 heterocycles. The summed E-state index contributed by atoms with van der Waals surface area (Å²) < 4.78 is 11.1. The summed E-state index contributed by atoms with van der Waals surface area (Å²) in [6.07, 6.45) is 1.35. The van der Waals surface area contributed by atoms with E-state index in [1.807, 2.05) is 54.6 Å². The van der Waals surface area contributed by atoms with E-state index in [-0.39, 0.29) is 5.56 Å². The van der Waals surface area contributed by atoms with Crippen LogP contribution in [0.4, 0.5) is 0 Å². The van der Waals surface area contributed by atoms with E-state index in [4.69, 9.17) is 9.15 Å². The summed E-state index contributed by atoms with van der Waals surface area (Å²) in [6, 6.07) is 17.2. The van der Waals surface area contributed by atoms with Crippen molar-refractivity contribution in [3.8, 4) is 28.2 Å². The Morgan fingerprint density at radius 3 is 2.46 bits per heavy atom. The Hall–Kier alpha value is -3.34. The van der Waals surface area contributed by atoms with Crippen molar-refractivity contribution in [1.29, 1.82) is 0 Å². The molecule has 1 N–H and O–H groups in total. The largest absolute Gasteiger partial charge is 0.497 e. The van der Waals surface area contributed by atoms with Crippen LogP contribution < -0.4 is 10.3 Å². The first kappa shape index (κ1) is 14.3. The standard InChI is InChI=1S/C19H14N2O3/c1-23-14-9-7-12(8-10-14)15-16-18(22)20-11-21-19(16)24-17(15)13-5-3-2-4-6-13/h2-11H,1H3,(H,20,21,22). The minimum Gasteiger partial charge on any atom is -0.497 e. The van der Waals surface area contributed by atoms with Gasteiger partial charge in [0, 0.05) is 11.1 Å². The van der Waals surface area contributed by atoms with Gasteiger partial charge in [-0.05, 0) is 17.7 Å². The molecule has 118 valence electrons. The number of benzene rings is 2. The number of hydrogen-bond donors (Lipinski definition) is 1. The maximum Gasteiger partial charge on any atom is 0.262 e. The highest BCUT2D eigenvalue weighted by Gasteiger charge is 2.20. The van der Waals surface area contributed by atoms with Crippen LogP contribution in [0.25, 0.3) is 33.6 Å². The zero-order chi connectivity index (χ0) is 16.5. The number of aromatic nitrogens is 2. The summed E-state index contributed by atoms with van der Waals surface area (Å²) in [6.45, 7) is 0. The van der Waals surface area contributed by atoms with Gasteiger partial charge in [-0.3, -0.25) is 4.79 Å². The highest BCUT2D eigenvalue weighted by atomic mass is 16.5. The number of nitrogens with zero attached hydrogens (tertiary/aromatic N) is 1. The minimum atomic E-state index is -0.225. The number of fused-ring (bicyclic) bond motifs is 1. The van der Waals surface area contributed by atoms with Crippen LogP contribution in [-0.4, -0.2) is 17.1 Å². The lowest BCUT2D eigenvalue weighted by Gasteiger charge is -2.05. The zero-order valence-corrected chi connectivity index (χ0v) is 12.9. The molecule has 0 spiro atoms. The third-order valence-corrected chi connectivity index (χ3v) is 3.91. The Labute approximate surface area is 137 Å². The smallest absolute Gasteiger partial charge is 0.262 e.